The van der Waals surface area contributed by atoms with E-state index in [0.29, 0.717) is 0 Å². The van der Waals surface area contributed by atoms with Crippen LogP contribution in [0.3, 0.4) is 0 Å². The molecule has 0 unspecified atom stereocenters. The topological polar surface area (TPSA) is 126 Å². The lowest BCUT2D eigenvalue weighted by Crippen LogP contribution is -0.382. The Morgan fingerprint density at radius 3 is 0.167 bits per heavy atom. The molecule has 0 atom stereocenters. The standard InChI is InChI=1S/8B.4H2O/h;;;;;;;;4*1H2. The minimum absolute atomic E-state index is 0. The average molecular weight is 159 g/mol. The maximum atomic E-state index is 0. The molecule has 0 amide bonds. The zero-order valence-corrected chi connectivity index (χ0v) is 6.62. The van der Waals surface area contributed by atoms with Crippen molar-refractivity contribution in [2.75, 3.05) is 0 Å². The van der Waals surface area contributed by atoms with Crippen LogP contribution in [0, 0.1) is 0 Å². The van der Waals surface area contributed by atoms with Crippen molar-refractivity contribution in [2.45, 2.75) is 0 Å². The van der Waals surface area contributed by atoms with E-state index in [4.69, 9.17) is 0 Å². The van der Waals surface area contributed by atoms with Gasteiger partial charge in [0.05, 0.1) is 0 Å². The van der Waals surface area contributed by atoms with Crippen molar-refractivity contribution in [3.05, 3.63) is 0 Å². The highest BCUT2D eigenvalue weighted by Gasteiger charge is 0.00708. The Morgan fingerprint density at radius 2 is 0.167 bits per heavy atom. The minimum Gasteiger partial charge on any atom is -0.412 e. The maximum Gasteiger partial charge on any atom is 0 e. The second-order valence-electron chi connectivity index (χ2n) is 0. The summed E-state index contributed by atoms with van der Waals surface area (Å²) in [7, 11) is 0. The van der Waals surface area contributed by atoms with Gasteiger partial charge >= 0.3 is 0 Å². The quantitative estimate of drug-likeness (QED) is 0.311. The molecule has 0 fully saturated rings. The molecule has 0 aromatic rings. The smallest absolute Gasteiger partial charge is 0 e. The maximum absolute atomic E-state index is 0. The summed E-state index contributed by atoms with van der Waals surface area (Å²) < 4.78 is 0. The summed E-state index contributed by atoms with van der Waals surface area (Å²) in [5, 5.41) is 0. The third-order valence-electron chi connectivity index (χ3n) is 0. The lowest BCUT2D eigenvalue weighted by molar-refractivity contribution is 0.823. The fourth-order valence-corrected chi connectivity index (χ4v) is 0. The fourth-order valence-electron chi connectivity index (χ4n) is 0. The first-order valence-corrected chi connectivity index (χ1v) is 0. The molecule has 0 bridgehead atoms. The normalized spacial score (nSPS) is 0. The van der Waals surface area contributed by atoms with Crippen molar-refractivity contribution >= 4 is 67.3 Å². The van der Waals surface area contributed by atoms with Crippen molar-refractivity contribution in [1.29, 1.82) is 0 Å². The average Bonchev–Trinajstić information content (AvgIpc) is 0. The van der Waals surface area contributed by atoms with Gasteiger partial charge in [-0.1, -0.05) is 0 Å². The lowest BCUT2D eigenvalue weighted by Gasteiger charge is -0.413. The Balaban J connectivity index is 0. The SMILES string of the molecule is O.O.O.O.[B].[B].[B].[B].[B].[B].[B].[B]. The van der Waals surface area contributed by atoms with E-state index in [1.54, 1.807) is 0 Å². The zero-order valence-electron chi connectivity index (χ0n) is 6.62. The first-order chi connectivity index (χ1) is 0. The molecule has 0 heterocycles. The molecule has 12 heteroatoms. The van der Waals surface area contributed by atoms with Crippen LogP contribution in [0.5, 0.6) is 0 Å². The molecule has 0 aliphatic rings. The Kier molecular flexibility index (Phi) is 9700000. The molecule has 56 valence electrons. The highest BCUT2D eigenvalue weighted by molar-refractivity contribution is 5.76. The molecule has 12 heavy (non-hydrogen) atoms. The van der Waals surface area contributed by atoms with Gasteiger partial charge in [0.15, 0.2) is 0 Å². The summed E-state index contributed by atoms with van der Waals surface area (Å²) in [6, 6.07) is 0. The first-order valence-electron chi connectivity index (χ1n) is 0. The third kappa shape index (κ3) is 7020. The van der Waals surface area contributed by atoms with Crippen LogP contribution in [0.25, 0.3) is 0 Å². The molecule has 0 rings (SSSR count). The van der Waals surface area contributed by atoms with Crippen LogP contribution in [0.15, 0.2) is 0 Å². The Hall–Kier alpha value is 0.359. The van der Waals surface area contributed by atoms with Gasteiger partial charge in [-0.2, -0.15) is 0 Å². The summed E-state index contributed by atoms with van der Waals surface area (Å²) >= 11 is 0. The monoisotopic (exact) mass is 160 g/mol. The number of rotatable bonds is 0. The van der Waals surface area contributed by atoms with Gasteiger partial charge in [-0.15, -0.1) is 0 Å². The van der Waals surface area contributed by atoms with Gasteiger partial charge in [0, 0.05) is 67.3 Å². The van der Waals surface area contributed by atoms with Crippen LogP contribution in [0.4, 0.5) is 0 Å². The molecule has 0 saturated heterocycles. The van der Waals surface area contributed by atoms with Gasteiger partial charge in [-0.3, -0.25) is 0 Å². The van der Waals surface area contributed by atoms with E-state index in [-0.39, 0.29) is 89.2 Å². The van der Waals surface area contributed by atoms with E-state index < -0.39 is 0 Å². The van der Waals surface area contributed by atoms with Gasteiger partial charge in [-0.05, 0) is 0 Å². The highest BCUT2D eigenvalue weighted by Crippen LogP contribution is -0.286. The van der Waals surface area contributed by atoms with Gasteiger partial charge in [0.2, 0.25) is 0 Å². The summed E-state index contributed by atoms with van der Waals surface area (Å²) in [4.78, 5) is 0. The Labute approximate surface area is 89.9 Å². The van der Waals surface area contributed by atoms with Crippen LogP contribution < -0.4 is 0 Å². The zero-order chi connectivity index (χ0) is 0. The predicted molar refractivity (Wildman–Crippen MR) is 60.5 cm³/mol. The van der Waals surface area contributed by atoms with Crippen molar-refractivity contribution in [3.8, 4) is 0 Å². The second-order valence-corrected chi connectivity index (χ2v) is 0. The predicted octanol–water partition coefficient (Wildman–Crippen LogP) is -6.35. The fraction of sp³-hybridized carbons (Fsp3) is 0. The van der Waals surface area contributed by atoms with Gasteiger partial charge in [0.1, 0.15) is 0 Å². The molecule has 8 N–H and O–H groups in total. The molecular formula is H8B8O4. The van der Waals surface area contributed by atoms with Crippen molar-refractivity contribution in [3.63, 3.8) is 0 Å². The Morgan fingerprint density at radius 1 is 0.167 bits per heavy atom. The van der Waals surface area contributed by atoms with Crippen LogP contribution >= 0.6 is 0 Å². The molecule has 24 radical (unpaired) electrons. The minimum atomic E-state index is 0. The van der Waals surface area contributed by atoms with Crippen LogP contribution in [-0.4, -0.2) is 89.2 Å². The lowest BCUT2D eigenvalue weighted by atomic mass is 10.8. The van der Waals surface area contributed by atoms with E-state index in [2.05, 4.69) is 0 Å². The number of hydrogen-bond donors (Lipinski definition) is 0. The molecule has 0 aliphatic carbocycles. The van der Waals surface area contributed by atoms with E-state index in [1.807, 2.05) is 0 Å². The van der Waals surface area contributed by atoms with E-state index >= 15 is 0 Å². The molecule has 0 aromatic carbocycles. The van der Waals surface area contributed by atoms with Crippen molar-refractivity contribution in [1.82, 2.24) is 0 Å². The van der Waals surface area contributed by atoms with Crippen molar-refractivity contribution < 1.29 is 21.9 Å². The summed E-state index contributed by atoms with van der Waals surface area (Å²) in [6.07, 6.45) is 0. The molecule has 4 nitrogen and oxygen atoms in total. The largest absolute Gasteiger partial charge is 0.412 e. The molecular weight excluding hydrogens is 150 g/mol. The molecule has 0 aliphatic heterocycles. The number of hydrogen-bond acceptors (Lipinski definition) is 0. The van der Waals surface area contributed by atoms with Gasteiger partial charge < -0.3 is 21.9 Å². The van der Waals surface area contributed by atoms with Gasteiger partial charge in [-0.25, -0.2) is 0 Å². The van der Waals surface area contributed by atoms with Crippen LogP contribution in [-0.2, 0) is 0 Å². The van der Waals surface area contributed by atoms with E-state index in [1.165, 1.54) is 0 Å². The summed E-state index contributed by atoms with van der Waals surface area (Å²) in [5.74, 6) is 0. The van der Waals surface area contributed by atoms with Crippen molar-refractivity contribution in [2.24, 2.45) is 0 Å². The van der Waals surface area contributed by atoms with Gasteiger partial charge in [0.25, 0.3) is 0 Å². The first kappa shape index (κ1) is 12300. The van der Waals surface area contributed by atoms with Crippen LogP contribution in [0.2, 0.25) is 0 Å². The highest BCUT2D eigenvalue weighted by atomic mass is 16.0. The third-order valence-corrected chi connectivity index (χ3v) is 0. The second kappa shape index (κ2) is 9430. The van der Waals surface area contributed by atoms with E-state index in [9.17, 15) is 0 Å². The molecule has 0 spiro atoms. The summed E-state index contributed by atoms with van der Waals surface area (Å²) in [5.41, 5.74) is 0. The molecule has 0 aromatic heterocycles. The van der Waals surface area contributed by atoms with Crippen LogP contribution in [0.1, 0.15) is 0 Å². The van der Waals surface area contributed by atoms with E-state index in [0.717, 1.165) is 0 Å². The summed E-state index contributed by atoms with van der Waals surface area (Å²) in [6.45, 7) is 0. The Bertz CT molecular complexity index is 11.0. The molecule has 0 saturated carbocycles.